The van der Waals surface area contributed by atoms with E-state index in [1.807, 2.05) is 6.92 Å². The number of nitrogens with one attached hydrogen (secondary N) is 2. The van der Waals surface area contributed by atoms with Crippen molar-refractivity contribution in [1.82, 2.24) is 14.9 Å². The molecule has 1 aliphatic rings. The van der Waals surface area contributed by atoms with Crippen LogP contribution in [0.3, 0.4) is 0 Å². The number of rotatable bonds is 7. The molecule has 0 radical (unpaired) electrons. The molecule has 0 amide bonds. The summed E-state index contributed by atoms with van der Waals surface area (Å²) in [5, 5.41) is 3.49. The lowest BCUT2D eigenvalue weighted by Gasteiger charge is -2.20. The number of hydrogen-bond acceptors (Lipinski definition) is 6. The first kappa shape index (κ1) is 15.0. The van der Waals surface area contributed by atoms with Gasteiger partial charge in [0.25, 0.3) is 0 Å². The van der Waals surface area contributed by atoms with Crippen molar-refractivity contribution in [3.8, 4) is 0 Å². The van der Waals surface area contributed by atoms with Gasteiger partial charge in [0.15, 0.2) is 0 Å². The van der Waals surface area contributed by atoms with Crippen LogP contribution in [0, 0.1) is 6.92 Å². The molecule has 0 bridgehead atoms. The average molecular weight is 278 g/mol. The van der Waals surface area contributed by atoms with E-state index in [1.54, 1.807) is 0 Å². The molecular weight excluding hydrogens is 252 g/mol. The average Bonchev–Trinajstić information content (AvgIpc) is 3.23. The third-order valence-electron chi connectivity index (χ3n) is 3.63. The van der Waals surface area contributed by atoms with Crippen LogP contribution in [0.5, 0.6) is 0 Å². The molecule has 1 aromatic heterocycles. The molecule has 6 heteroatoms. The van der Waals surface area contributed by atoms with Crippen LogP contribution in [0.2, 0.25) is 0 Å². The lowest BCUT2D eigenvalue weighted by molar-refractivity contribution is 0.390. The maximum atomic E-state index is 5.56. The molecule has 0 spiro atoms. The molecule has 1 fully saturated rings. The van der Waals surface area contributed by atoms with Crippen molar-refractivity contribution in [2.75, 3.05) is 31.4 Å². The minimum Gasteiger partial charge on any atom is -0.367 e. The van der Waals surface area contributed by atoms with Crippen LogP contribution < -0.4 is 16.6 Å². The minimum absolute atomic E-state index is 0.365. The largest absolute Gasteiger partial charge is 0.367 e. The summed E-state index contributed by atoms with van der Waals surface area (Å²) in [7, 11) is 4.18. The zero-order chi connectivity index (χ0) is 14.7. The van der Waals surface area contributed by atoms with Gasteiger partial charge in [0, 0.05) is 17.5 Å². The maximum Gasteiger partial charge on any atom is 0.148 e. The Labute approximate surface area is 121 Å². The zero-order valence-corrected chi connectivity index (χ0v) is 12.9. The Hall–Kier alpha value is -1.40. The summed E-state index contributed by atoms with van der Waals surface area (Å²) in [4.78, 5) is 11.4. The van der Waals surface area contributed by atoms with E-state index >= 15 is 0 Å². The number of nitrogen functional groups attached to an aromatic ring is 1. The maximum absolute atomic E-state index is 5.56. The lowest BCUT2D eigenvalue weighted by atomic mass is 10.2. The highest BCUT2D eigenvalue weighted by Crippen LogP contribution is 2.39. The van der Waals surface area contributed by atoms with E-state index in [4.69, 9.17) is 5.84 Å². The molecule has 20 heavy (non-hydrogen) atoms. The first-order valence-corrected chi connectivity index (χ1v) is 7.27. The molecule has 1 aromatic rings. The summed E-state index contributed by atoms with van der Waals surface area (Å²) in [6.07, 6.45) is 3.44. The Morgan fingerprint density at radius 3 is 2.50 bits per heavy atom. The SMILES string of the molecule is Cc1c(NN)nc(C2CC2)nc1NC(C)CCN(C)C. The van der Waals surface area contributed by atoms with Gasteiger partial charge in [0.2, 0.25) is 0 Å². The Balaban J connectivity index is 2.10. The molecule has 1 aliphatic carbocycles. The highest BCUT2D eigenvalue weighted by molar-refractivity contribution is 5.57. The van der Waals surface area contributed by atoms with Crippen LogP contribution in [0.4, 0.5) is 11.6 Å². The van der Waals surface area contributed by atoms with E-state index < -0.39 is 0 Å². The number of anilines is 2. The quantitative estimate of drug-likeness (QED) is 0.520. The number of hydrazine groups is 1. The number of nitrogens with zero attached hydrogens (tertiary/aromatic N) is 3. The molecule has 0 aromatic carbocycles. The van der Waals surface area contributed by atoms with Gasteiger partial charge in [-0.25, -0.2) is 15.8 Å². The van der Waals surface area contributed by atoms with Crippen molar-refractivity contribution >= 4 is 11.6 Å². The van der Waals surface area contributed by atoms with Crippen molar-refractivity contribution < 1.29 is 0 Å². The third kappa shape index (κ3) is 3.80. The van der Waals surface area contributed by atoms with E-state index in [-0.39, 0.29) is 0 Å². The van der Waals surface area contributed by atoms with Crippen molar-refractivity contribution in [2.45, 2.75) is 45.1 Å². The predicted octanol–water partition coefficient (Wildman–Crippen LogP) is 1.70. The predicted molar refractivity (Wildman–Crippen MR) is 82.8 cm³/mol. The lowest BCUT2D eigenvalue weighted by Crippen LogP contribution is -2.24. The van der Waals surface area contributed by atoms with E-state index in [9.17, 15) is 0 Å². The summed E-state index contributed by atoms with van der Waals surface area (Å²) in [5.41, 5.74) is 3.66. The number of hydrogen-bond donors (Lipinski definition) is 3. The van der Waals surface area contributed by atoms with Crippen LogP contribution in [0.1, 0.15) is 43.5 Å². The highest BCUT2D eigenvalue weighted by Gasteiger charge is 2.28. The standard InChI is InChI=1S/C14H26N6/c1-9(7-8-20(3)4)16-12-10(2)13(19-15)18-14(17-12)11-5-6-11/h9,11H,5-8,15H2,1-4H3,(H2,16,17,18,19). The molecule has 1 unspecified atom stereocenters. The van der Waals surface area contributed by atoms with Crippen molar-refractivity contribution in [2.24, 2.45) is 5.84 Å². The van der Waals surface area contributed by atoms with Crippen LogP contribution in [0.15, 0.2) is 0 Å². The Bertz CT molecular complexity index is 455. The van der Waals surface area contributed by atoms with Crippen LogP contribution in [-0.2, 0) is 0 Å². The van der Waals surface area contributed by atoms with Gasteiger partial charge in [-0.1, -0.05) is 0 Å². The van der Waals surface area contributed by atoms with Gasteiger partial charge >= 0.3 is 0 Å². The van der Waals surface area contributed by atoms with Gasteiger partial charge in [-0.15, -0.1) is 0 Å². The summed E-state index contributed by atoms with van der Waals surface area (Å²) in [6, 6.07) is 0.365. The van der Waals surface area contributed by atoms with Crippen molar-refractivity contribution in [1.29, 1.82) is 0 Å². The van der Waals surface area contributed by atoms with E-state index in [1.165, 1.54) is 12.8 Å². The molecule has 0 saturated heterocycles. The van der Waals surface area contributed by atoms with Gasteiger partial charge in [-0.2, -0.15) is 0 Å². The topological polar surface area (TPSA) is 79.1 Å². The van der Waals surface area contributed by atoms with Crippen LogP contribution >= 0.6 is 0 Å². The van der Waals surface area contributed by atoms with Crippen molar-refractivity contribution in [3.63, 3.8) is 0 Å². The number of nitrogens with two attached hydrogens (primary N) is 1. The normalized spacial score (nSPS) is 16.3. The summed E-state index contributed by atoms with van der Waals surface area (Å²) < 4.78 is 0. The van der Waals surface area contributed by atoms with Gasteiger partial charge in [-0.05, 0) is 53.8 Å². The second-order valence-electron chi connectivity index (χ2n) is 5.96. The third-order valence-corrected chi connectivity index (χ3v) is 3.63. The first-order chi connectivity index (χ1) is 9.51. The molecule has 1 heterocycles. The molecule has 0 aliphatic heterocycles. The van der Waals surface area contributed by atoms with Gasteiger partial charge in [-0.3, -0.25) is 0 Å². The number of aromatic nitrogens is 2. The van der Waals surface area contributed by atoms with E-state index in [0.29, 0.717) is 12.0 Å². The first-order valence-electron chi connectivity index (χ1n) is 7.27. The zero-order valence-electron chi connectivity index (χ0n) is 12.9. The Morgan fingerprint density at radius 2 is 1.95 bits per heavy atom. The summed E-state index contributed by atoms with van der Waals surface area (Å²) in [5.74, 6) is 8.62. The molecule has 4 N–H and O–H groups in total. The fourth-order valence-corrected chi connectivity index (χ4v) is 2.10. The smallest absolute Gasteiger partial charge is 0.148 e. The molecule has 2 rings (SSSR count). The fourth-order valence-electron chi connectivity index (χ4n) is 2.10. The van der Waals surface area contributed by atoms with E-state index in [0.717, 1.165) is 36.0 Å². The molecule has 1 atom stereocenters. The van der Waals surface area contributed by atoms with E-state index in [2.05, 4.69) is 46.6 Å². The second kappa shape index (κ2) is 6.37. The minimum atomic E-state index is 0.365. The van der Waals surface area contributed by atoms with Gasteiger partial charge in [0.05, 0.1) is 0 Å². The Kier molecular flexibility index (Phi) is 4.77. The van der Waals surface area contributed by atoms with Gasteiger partial charge in [0.1, 0.15) is 17.5 Å². The summed E-state index contributed by atoms with van der Waals surface area (Å²) >= 11 is 0. The fraction of sp³-hybridized carbons (Fsp3) is 0.714. The Morgan fingerprint density at radius 1 is 1.30 bits per heavy atom. The second-order valence-corrected chi connectivity index (χ2v) is 5.96. The monoisotopic (exact) mass is 278 g/mol. The summed E-state index contributed by atoms with van der Waals surface area (Å²) in [6.45, 7) is 5.22. The van der Waals surface area contributed by atoms with Crippen LogP contribution in [-0.4, -0.2) is 41.5 Å². The van der Waals surface area contributed by atoms with Crippen LogP contribution in [0.25, 0.3) is 0 Å². The molecular formula is C14H26N6. The van der Waals surface area contributed by atoms with Gasteiger partial charge < -0.3 is 15.6 Å². The molecule has 112 valence electrons. The molecule has 6 nitrogen and oxygen atoms in total. The molecule has 1 saturated carbocycles. The van der Waals surface area contributed by atoms with Crippen molar-refractivity contribution in [3.05, 3.63) is 11.4 Å². The highest BCUT2D eigenvalue weighted by atomic mass is 15.3.